The third-order valence-electron chi connectivity index (χ3n) is 2.42. The van der Waals surface area contributed by atoms with Crippen LogP contribution in [0, 0.1) is 0 Å². The van der Waals surface area contributed by atoms with E-state index in [-0.39, 0.29) is 0 Å². The maximum Gasteiger partial charge on any atom is 0.271 e. The van der Waals surface area contributed by atoms with E-state index in [1.54, 1.807) is 24.3 Å². The lowest BCUT2D eigenvalue weighted by Gasteiger charge is -2.07. The zero-order valence-electron chi connectivity index (χ0n) is 9.98. The number of rotatable bonds is 4. The Hall–Kier alpha value is -0.560. The summed E-state index contributed by atoms with van der Waals surface area (Å²) in [5.41, 5.74) is 0.444. The fourth-order valence-corrected chi connectivity index (χ4v) is 4.23. The molecule has 1 aromatic carbocycles. The van der Waals surface area contributed by atoms with Gasteiger partial charge < -0.3 is 0 Å². The second-order valence-electron chi connectivity index (χ2n) is 3.81. The first kappa shape index (κ1) is 14.8. The Morgan fingerprint density at radius 2 is 2.05 bits per heavy atom. The van der Waals surface area contributed by atoms with Crippen LogP contribution in [0.4, 0.5) is 5.69 Å². The van der Waals surface area contributed by atoms with E-state index in [1.807, 2.05) is 13.0 Å². The Morgan fingerprint density at radius 3 is 2.63 bits per heavy atom. The lowest BCUT2D eigenvalue weighted by atomic mass is 10.3. The minimum atomic E-state index is -3.54. The minimum Gasteiger partial charge on any atom is -0.279 e. The fourth-order valence-electron chi connectivity index (χ4n) is 1.46. The van der Waals surface area contributed by atoms with Crippen LogP contribution in [0.2, 0.25) is 5.02 Å². The molecular formula is C12H11BrClNO2S2. The van der Waals surface area contributed by atoms with Crippen molar-refractivity contribution in [3.63, 3.8) is 0 Å². The number of thiophene rings is 1. The maximum atomic E-state index is 12.2. The molecule has 1 heterocycles. The summed E-state index contributed by atoms with van der Waals surface area (Å²) in [5.74, 6) is 0. The molecule has 7 heteroatoms. The van der Waals surface area contributed by atoms with Crippen molar-refractivity contribution in [3.05, 3.63) is 44.7 Å². The van der Waals surface area contributed by atoms with Crippen LogP contribution in [-0.2, 0) is 16.4 Å². The SMILES string of the molecule is CCc1ccc(S(=O)(=O)Nc2ccc(Br)c(Cl)c2)s1. The summed E-state index contributed by atoms with van der Waals surface area (Å²) in [7, 11) is -3.54. The number of halogens is 2. The van der Waals surface area contributed by atoms with E-state index in [2.05, 4.69) is 20.7 Å². The molecule has 0 aliphatic rings. The first-order chi connectivity index (χ1) is 8.92. The quantitative estimate of drug-likeness (QED) is 0.847. The normalized spacial score (nSPS) is 11.5. The molecule has 2 rings (SSSR count). The summed E-state index contributed by atoms with van der Waals surface area (Å²) < 4.78 is 27.9. The summed E-state index contributed by atoms with van der Waals surface area (Å²) in [4.78, 5) is 1.04. The van der Waals surface area contributed by atoms with E-state index in [0.29, 0.717) is 14.9 Å². The van der Waals surface area contributed by atoms with Gasteiger partial charge in [-0.2, -0.15) is 0 Å². The van der Waals surface area contributed by atoms with Crippen molar-refractivity contribution in [1.29, 1.82) is 0 Å². The van der Waals surface area contributed by atoms with Crippen LogP contribution < -0.4 is 4.72 Å². The van der Waals surface area contributed by atoms with Crippen molar-refractivity contribution < 1.29 is 8.42 Å². The number of benzene rings is 1. The molecule has 0 radical (unpaired) electrons. The van der Waals surface area contributed by atoms with Crippen LogP contribution in [0.3, 0.4) is 0 Å². The highest BCUT2D eigenvalue weighted by Crippen LogP contribution is 2.28. The van der Waals surface area contributed by atoms with Crippen molar-refractivity contribution >= 4 is 54.6 Å². The van der Waals surface area contributed by atoms with Gasteiger partial charge in [-0.1, -0.05) is 18.5 Å². The molecule has 0 fully saturated rings. The standard InChI is InChI=1S/C12H11BrClNO2S2/c1-2-9-4-6-12(18-9)19(16,17)15-8-3-5-10(13)11(14)7-8/h3-7,15H,2H2,1H3. The molecule has 1 aromatic heterocycles. The molecule has 0 aliphatic heterocycles. The molecule has 0 saturated heterocycles. The summed E-state index contributed by atoms with van der Waals surface area (Å²) in [5, 5.41) is 0.459. The van der Waals surface area contributed by atoms with Gasteiger partial charge in [0.1, 0.15) is 4.21 Å². The monoisotopic (exact) mass is 379 g/mol. The highest BCUT2D eigenvalue weighted by Gasteiger charge is 2.17. The number of sulfonamides is 1. The zero-order valence-corrected chi connectivity index (χ0v) is 14.0. The average Bonchev–Trinajstić information content (AvgIpc) is 2.83. The molecule has 0 spiro atoms. The van der Waals surface area contributed by atoms with Crippen LogP contribution in [0.15, 0.2) is 39.0 Å². The Bertz CT molecular complexity index is 698. The predicted molar refractivity (Wildman–Crippen MR) is 83.7 cm³/mol. The van der Waals surface area contributed by atoms with Gasteiger partial charge >= 0.3 is 0 Å². The number of hydrogen-bond donors (Lipinski definition) is 1. The van der Waals surface area contributed by atoms with Crippen LogP contribution in [0.1, 0.15) is 11.8 Å². The topological polar surface area (TPSA) is 46.2 Å². The second kappa shape index (κ2) is 5.83. The lowest BCUT2D eigenvalue weighted by molar-refractivity contribution is 0.603. The molecule has 0 atom stereocenters. The van der Waals surface area contributed by atoms with E-state index in [9.17, 15) is 8.42 Å². The molecule has 0 aliphatic carbocycles. The van der Waals surface area contributed by atoms with Gasteiger partial charge in [-0.15, -0.1) is 11.3 Å². The number of anilines is 1. The summed E-state index contributed by atoms with van der Waals surface area (Å²) >= 11 is 10.5. The predicted octanol–water partition coefficient (Wildman–Crippen LogP) is 4.53. The summed E-state index contributed by atoms with van der Waals surface area (Å²) in [6.07, 6.45) is 0.824. The number of hydrogen-bond acceptors (Lipinski definition) is 3. The van der Waals surface area contributed by atoms with Gasteiger partial charge in [-0.25, -0.2) is 8.42 Å². The van der Waals surface area contributed by atoms with E-state index >= 15 is 0 Å². The zero-order chi connectivity index (χ0) is 14.0. The lowest BCUT2D eigenvalue weighted by Crippen LogP contribution is -2.11. The molecule has 3 nitrogen and oxygen atoms in total. The molecule has 0 unspecified atom stereocenters. The molecular weight excluding hydrogens is 370 g/mol. The molecule has 0 amide bonds. The molecule has 1 N–H and O–H groups in total. The average molecular weight is 381 g/mol. The smallest absolute Gasteiger partial charge is 0.271 e. The molecule has 0 bridgehead atoms. The maximum absolute atomic E-state index is 12.2. The van der Waals surface area contributed by atoms with Crippen LogP contribution >= 0.6 is 38.9 Å². The Balaban J connectivity index is 2.28. The molecule has 102 valence electrons. The van der Waals surface area contributed by atoms with Gasteiger partial charge in [0.05, 0.1) is 10.7 Å². The van der Waals surface area contributed by atoms with Gasteiger partial charge in [0.15, 0.2) is 0 Å². The Morgan fingerprint density at radius 1 is 1.32 bits per heavy atom. The van der Waals surface area contributed by atoms with Crippen molar-refractivity contribution in [2.45, 2.75) is 17.6 Å². The Labute approximate surface area is 129 Å². The van der Waals surface area contributed by atoms with Crippen LogP contribution in [0.25, 0.3) is 0 Å². The van der Waals surface area contributed by atoms with Crippen LogP contribution in [0.5, 0.6) is 0 Å². The van der Waals surface area contributed by atoms with Gasteiger partial charge in [-0.05, 0) is 52.7 Å². The highest BCUT2D eigenvalue weighted by molar-refractivity contribution is 9.10. The molecule has 19 heavy (non-hydrogen) atoms. The third kappa shape index (κ3) is 3.51. The van der Waals surface area contributed by atoms with Gasteiger partial charge in [0, 0.05) is 9.35 Å². The first-order valence-corrected chi connectivity index (χ1v) is 8.96. The summed E-state index contributed by atoms with van der Waals surface area (Å²) in [6.45, 7) is 1.99. The van der Waals surface area contributed by atoms with Gasteiger partial charge in [-0.3, -0.25) is 4.72 Å². The third-order valence-corrected chi connectivity index (χ3v) is 6.76. The van der Waals surface area contributed by atoms with Gasteiger partial charge in [0.2, 0.25) is 0 Å². The van der Waals surface area contributed by atoms with E-state index in [4.69, 9.17) is 11.6 Å². The first-order valence-electron chi connectivity index (χ1n) is 5.49. The number of aryl methyl sites for hydroxylation is 1. The summed E-state index contributed by atoms with van der Waals surface area (Å²) in [6, 6.07) is 8.37. The van der Waals surface area contributed by atoms with E-state index in [1.165, 1.54) is 11.3 Å². The molecule has 0 saturated carbocycles. The fraction of sp³-hybridized carbons (Fsp3) is 0.167. The molecule has 2 aromatic rings. The van der Waals surface area contributed by atoms with Crippen LogP contribution in [-0.4, -0.2) is 8.42 Å². The minimum absolute atomic E-state index is 0.309. The Kier molecular flexibility index (Phi) is 4.55. The number of nitrogens with one attached hydrogen (secondary N) is 1. The highest BCUT2D eigenvalue weighted by atomic mass is 79.9. The van der Waals surface area contributed by atoms with Crippen molar-refractivity contribution in [2.24, 2.45) is 0 Å². The van der Waals surface area contributed by atoms with Crippen molar-refractivity contribution in [2.75, 3.05) is 4.72 Å². The second-order valence-corrected chi connectivity index (χ2v) is 8.15. The van der Waals surface area contributed by atoms with E-state index in [0.717, 1.165) is 15.8 Å². The van der Waals surface area contributed by atoms with Crippen molar-refractivity contribution in [3.8, 4) is 0 Å². The largest absolute Gasteiger partial charge is 0.279 e. The van der Waals surface area contributed by atoms with Crippen molar-refractivity contribution in [1.82, 2.24) is 0 Å². The van der Waals surface area contributed by atoms with E-state index < -0.39 is 10.0 Å². The van der Waals surface area contributed by atoms with Gasteiger partial charge in [0.25, 0.3) is 10.0 Å².